The van der Waals surface area contributed by atoms with Crippen molar-refractivity contribution in [3.63, 3.8) is 0 Å². The summed E-state index contributed by atoms with van der Waals surface area (Å²) in [6.45, 7) is 5.61. The highest BCUT2D eigenvalue weighted by Crippen LogP contribution is 2.12. The molecule has 0 aliphatic rings. The van der Waals surface area contributed by atoms with Gasteiger partial charge in [-0.2, -0.15) is 5.10 Å². The van der Waals surface area contributed by atoms with Gasteiger partial charge in [0.2, 0.25) is 5.88 Å². The van der Waals surface area contributed by atoms with Crippen LogP contribution < -0.4 is 10.1 Å². The van der Waals surface area contributed by atoms with Gasteiger partial charge in [0.05, 0.1) is 25.5 Å². The molecule has 0 aromatic carbocycles. The summed E-state index contributed by atoms with van der Waals surface area (Å²) in [5, 5.41) is 6.77. The van der Waals surface area contributed by atoms with Crippen LogP contribution in [0.25, 0.3) is 5.69 Å². The Balaban J connectivity index is 2.04. The Kier molecular flexibility index (Phi) is 4.59. The minimum Gasteiger partial charge on any atom is -0.481 e. The van der Waals surface area contributed by atoms with Gasteiger partial charge in [-0.25, -0.2) is 19.4 Å². The number of nitrogens with one attached hydrogen (secondary N) is 1. The van der Waals surface area contributed by atoms with E-state index < -0.39 is 11.7 Å². The topological polar surface area (TPSA) is 91.2 Å². The number of hydrogen-bond donors (Lipinski definition) is 1. The number of hydrogen-bond acceptors (Lipinski definition) is 6. The van der Waals surface area contributed by atoms with E-state index in [1.807, 2.05) is 0 Å². The largest absolute Gasteiger partial charge is 0.481 e. The molecule has 2 aromatic rings. The van der Waals surface area contributed by atoms with Gasteiger partial charge in [0, 0.05) is 6.07 Å². The van der Waals surface area contributed by atoms with E-state index in [0.717, 1.165) is 5.69 Å². The molecule has 0 saturated carbocycles. The second-order valence-electron chi connectivity index (χ2n) is 5.50. The molecule has 0 fully saturated rings. The van der Waals surface area contributed by atoms with Crippen molar-refractivity contribution in [2.75, 3.05) is 7.11 Å². The average molecular weight is 305 g/mol. The van der Waals surface area contributed by atoms with Crippen LogP contribution in [0.15, 0.2) is 24.7 Å². The zero-order valence-corrected chi connectivity index (χ0v) is 13.0. The first-order valence-corrected chi connectivity index (χ1v) is 6.75. The van der Waals surface area contributed by atoms with Gasteiger partial charge in [-0.1, -0.05) is 0 Å². The Morgan fingerprint density at radius 3 is 2.68 bits per heavy atom. The zero-order chi connectivity index (χ0) is 16.2. The Morgan fingerprint density at radius 2 is 2.09 bits per heavy atom. The number of nitrogens with zero attached hydrogens (tertiary/aromatic N) is 4. The second-order valence-corrected chi connectivity index (χ2v) is 5.50. The van der Waals surface area contributed by atoms with Crippen LogP contribution in [0.2, 0.25) is 0 Å². The lowest BCUT2D eigenvalue weighted by Crippen LogP contribution is -2.32. The van der Waals surface area contributed by atoms with Gasteiger partial charge in [-0.15, -0.1) is 0 Å². The number of ether oxygens (including phenoxy) is 2. The molecule has 1 N–H and O–H groups in total. The summed E-state index contributed by atoms with van der Waals surface area (Å²) in [7, 11) is 1.55. The Bertz CT molecular complexity index is 631. The molecule has 8 nitrogen and oxygen atoms in total. The lowest BCUT2D eigenvalue weighted by atomic mass is 10.2. The third-order valence-corrected chi connectivity index (χ3v) is 2.58. The number of pyridine rings is 1. The third kappa shape index (κ3) is 4.18. The molecule has 0 bridgehead atoms. The molecule has 0 aliphatic carbocycles. The molecule has 1 amide bonds. The van der Waals surface area contributed by atoms with Gasteiger partial charge >= 0.3 is 6.09 Å². The van der Waals surface area contributed by atoms with Gasteiger partial charge in [0.1, 0.15) is 11.9 Å². The fourth-order valence-electron chi connectivity index (χ4n) is 1.69. The standard InChI is InChI=1S/C14H19N5O3/c1-14(2,3)22-13(20)16-8-11-17-9-18-19(11)10-5-6-12(21-4)15-7-10/h5-7,9H,8H2,1-4H3,(H,16,20). The molecule has 0 saturated heterocycles. The van der Waals surface area contributed by atoms with E-state index >= 15 is 0 Å². The third-order valence-electron chi connectivity index (χ3n) is 2.58. The first kappa shape index (κ1) is 15.7. The molecule has 2 aromatic heterocycles. The fourth-order valence-corrected chi connectivity index (χ4v) is 1.69. The predicted molar refractivity (Wildman–Crippen MR) is 78.8 cm³/mol. The van der Waals surface area contributed by atoms with E-state index in [9.17, 15) is 4.79 Å². The Morgan fingerprint density at radius 1 is 1.32 bits per heavy atom. The summed E-state index contributed by atoms with van der Waals surface area (Å²) in [4.78, 5) is 19.9. The van der Waals surface area contributed by atoms with Crippen molar-refractivity contribution < 1.29 is 14.3 Å². The van der Waals surface area contributed by atoms with Crippen LogP contribution in [-0.2, 0) is 11.3 Å². The maximum absolute atomic E-state index is 11.7. The summed E-state index contributed by atoms with van der Waals surface area (Å²) in [6, 6.07) is 3.53. The van der Waals surface area contributed by atoms with E-state index in [-0.39, 0.29) is 6.54 Å². The number of amides is 1. The molecule has 0 unspecified atom stereocenters. The van der Waals surface area contributed by atoms with Crippen LogP contribution in [0.1, 0.15) is 26.6 Å². The van der Waals surface area contributed by atoms with Gasteiger partial charge in [-0.05, 0) is 26.8 Å². The van der Waals surface area contributed by atoms with Crippen LogP contribution in [0, 0.1) is 0 Å². The van der Waals surface area contributed by atoms with E-state index in [0.29, 0.717) is 11.7 Å². The average Bonchev–Trinajstić information content (AvgIpc) is 2.92. The summed E-state index contributed by atoms with van der Waals surface area (Å²) in [5.41, 5.74) is 0.178. The second kappa shape index (κ2) is 6.42. The molecule has 0 aliphatic heterocycles. The van der Waals surface area contributed by atoms with E-state index in [1.54, 1.807) is 50.9 Å². The normalized spacial score (nSPS) is 11.1. The number of aromatic nitrogens is 4. The molecule has 8 heteroatoms. The van der Waals surface area contributed by atoms with Crippen molar-refractivity contribution in [2.24, 2.45) is 0 Å². The zero-order valence-electron chi connectivity index (χ0n) is 13.0. The highest BCUT2D eigenvalue weighted by atomic mass is 16.6. The Hall–Kier alpha value is -2.64. The fraction of sp³-hybridized carbons (Fsp3) is 0.429. The SMILES string of the molecule is COc1ccc(-n2ncnc2CNC(=O)OC(C)(C)C)cn1. The number of alkyl carbamates (subject to hydrolysis) is 1. The van der Waals surface area contributed by atoms with E-state index in [2.05, 4.69) is 20.4 Å². The monoisotopic (exact) mass is 305 g/mol. The highest BCUT2D eigenvalue weighted by molar-refractivity contribution is 5.67. The van der Waals surface area contributed by atoms with Gasteiger partial charge in [0.25, 0.3) is 0 Å². The van der Waals surface area contributed by atoms with Crippen molar-refractivity contribution in [3.8, 4) is 11.6 Å². The van der Waals surface area contributed by atoms with Crippen LogP contribution >= 0.6 is 0 Å². The lowest BCUT2D eigenvalue weighted by molar-refractivity contribution is 0.0522. The quantitative estimate of drug-likeness (QED) is 0.924. The van der Waals surface area contributed by atoms with Gasteiger partial charge in [-0.3, -0.25) is 0 Å². The summed E-state index contributed by atoms with van der Waals surface area (Å²) in [5.74, 6) is 1.08. The molecule has 118 valence electrons. The van der Waals surface area contributed by atoms with E-state index in [1.165, 1.54) is 6.33 Å². The number of carbonyl (C=O) groups excluding carboxylic acids is 1. The van der Waals surface area contributed by atoms with Crippen molar-refractivity contribution in [2.45, 2.75) is 32.9 Å². The van der Waals surface area contributed by atoms with Crippen molar-refractivity contribution in [1.29, 1.82) is 0 Å². The molecule has 22 heavy (non-hydrogen) atoms. The minimum absolute atomic E-state index is 0.195. The van der Waals surface area contributed by atoms with Crippen molar-refractivity contribution >= 4 is 6.09 Å². The molecule has 0 spiro atoms. The molecule has 2 rings (SSSR count). The Labute approximate surface area is 128 Å². The van der Waals surface area contributed by atoms with Crippen molar-refractivity contribution in [3.05, 3.63) is 30.5 Å². The molecule has 0 atom stereocenters. The maximum Gasteiger partial charge on any atom is 0.408 e. The van der Waals surface area contributed by atoms with E-state index in [4.69, 9.17) is 9.47 Å². The van der Waals surface area contributed by atoms with Gasteiger partial charge < -0.3 is 14.8 Å². The molecular formula is C14H19N5O3. The first-order valence-electron chi connectivity index (χ1n) is 6.75. The molecule has 2 heterocycles. The smallest absolute Gasteiger partial charge is 0.408 e. The van der Waals surface area contributed by atoms with Crippen molar-refractivity contribution in [1.82, 2.24) is 25.1 Å². The van der Waals surface area contributed by atoms with Crippen LogP contribution in [0.3, 0.4) is 0 Å². The molecular weight excluding hydrogens is 286 g/mol. The summed E-state index contributed by atoms with van der Waals surface area (Å²) in [6.07, 6.45) is 2.52. The minimum atomic E-state index is -0.544. The predicted octanol–water partition coefficient (Wildman–Crippen LogP) is 1.70. The number of rotatable bonds is 4. The van der Waals surface area contributed by atoms with Crippen LogP contribution in [0.5, 0.6) is 5.88 Å². The summed E-state index contributed by atoms with van der Waals surface area (Å²) >= 11 is 0. The highest BCUT2D eigenvalue weighted by Gasteiger charge is 2.16. The van der Waals surface area contributed by atoms with Gasteiger partial charge in [0.15, 0.2) is 5.82 Å². The summed E-state index contributed by atoms with van der Waals surface area (Å²) < 4.78 is 11.8. The first-order chi connectivity index (χ1) is 10.4. The van der Waals surface area contributed by atoms with Crippen LogP contribution in [-0.4, -0.2) is 38.6 Å². The van der Waals surface area contributed by atoms with Crippen LogP contribution in [0.4, 0.5) is 4.79 Å². The maximum atomic E-state index is 11.7. The lowest BCUT2D eigenvalue weighted by Gasteiger charge is -2.19. The number of carbonyl (C=O) groups is 1. The number of methoxy groups -OCH3 is 1. The molecule has 0 radical (unpaired) electrons.